The van der Waals surface area contributed by atoms with Crippen LogP contribution in [0.4, 0.5) is 10.1 Å². The van der Waals surface area contributed by atoms with Crippen LogP contribution in [0, 0.1) is 5.82 Å². The van der Waals surface area contributed by atoms with Gasteiger partial charge in [-0.25, -0.2) is 12.8 Å². The molecule has 2 aromatic rings. The van der Waals surface area contributed by atoms with E-state index in [9.17, 15) is 22.4 Å². The maximum absolute atomic E-state index is 13.3. The normalized spacial score (nSPS) is 19.2. The predicted molar refractivity (Wildman–Crippen MR) is 116 cm³/mol. The van der Waals surface area contributed by atoms with Gasteiger partial charge in [0.1, 0.15) is 16.5 Å². The topological polar surface area (TPSA) is 96.0 Å². The maximum atomic E-state index is 13.3. The van der Waals surface area contributed by atoms with Crippen molar-refractivity contribution in [3.63, 3.8) is 0 Å². The van der Waals surface area contributed by atoms with E-state index in [-0.39, 0.29) is 60.1 Å². The number of anilines is 1. The summed E-state index contributed by atoms with van der Waals surface area (Å²) in [6.07, 6.45) is -0.713. The van der Waals surface area contributed by atoms with Gasteiger partial charge < -0.3 is 15.0 Å². The number of benzene rings is 2. The minimum Gasteiger partial charge on any atom is -0.479 e. The summed E-state index contributed by atoms with van der Waals surface area (Å²) in [5, 5.41) is 2.59. The molecule has 2 heterocycles. The summed E-state index contributed by atoms with van der Waals surface area (Å²) in [5.41, 5.74) is 0.872. The Morgan fingerprint density at radius 1 is 1.22 bits per heavy atom. The third kappa shape index (κ3) is 4.43. The molecule has 1 fully saturated rings. The molecule has 4 rings (SSSR count). The predicted octanol–water partition coefficient (Wildman–Crippen LogP) is 2.27. The molecule has 0 saturated carbocycles. The van der Waals surface area contributed by atoms with E-state index in [1.165, 1.54) is 28.6 Å². The van der Waals surface area contributed by atoms with Gasteiger partial charge >= 0.3 is 0 Å². The molecule has 0 spiro atoms. The van der Waals surface area contributed by atoms with Crippen LogP contribution in [0.15, 0.2) is 41.3 Å². The van der Waals surface area contributed by atoms with Crippen LogP contribution in [-0.4, -0.2) is 61.7 Å². The molecule has 0 bridgehead atoms. The lowest BCUT2D eigenvalue weighted by molar-refractivity contribution is -0.131. The van der Waals surface area contributed by atoms with Gasteiger partial charge in [0.2, 0.25) is 15.9 Å². The minimum atomic E-state index is -3.95. The van der Waals surface area contributed by atoms with Gasteiger partial charge in [0, 0.05) is 32.2 Å². The number of hydrogen-bond donors (Lipinski definition) is 1. The van der Waals surface area contributed by atoms with Crippen molar-refractivity contribution < 1.29 is 27.1 Å². The second kappa shape index (κ2) is 8.68. The number of rotatable bonds is 4. The van der Waals surface area contributed by atoms with Crippen molar-refractivity contribution in [1.29, 1.82) is 0 Å². The van der Waals surface area contributed by atoms with Gasteiger partial charge in [-0.1, -0.05) is 23.7 Å². The summed E-state index contributed by atoms with van der Waals surface area (Å²) in [7, 11) is -3.95. The van der Waals surface area contributed by atoms with Crippen molar-refractivity contribution in [3.8, 4) is 5.75 Å². The van der Waals surface area contributed by atoms with Crippen molar-refractivity contribution >= 4 is 39.1 Å². The number of ether oxygens (including phenoxy) is 1. The van der Waals surface area contributed by atoms with Gasteiger partial charge in [0.05, 0.1) is 17.1 Å². The highest BCUT2D eigenvalue weighted by Crippen LogP contribution is 2.38. The SMILES string of the molecule is CC1Oc2cc(S(=O)(=O)N3CCN(C(=O)Cc4cccc(F)c4)CC3)c(Cl)cc2NC1=O. The van der Waals surface area contributed by atoms with Gasteiger partial charge in [0.25, 0.3) is 5.91 Å². The number of nitrogens with one attached hydrogen (secondary N) is 1. The summed E-state index contributed by atoms with van der Waals surface area (Å²) in [5.74, 6) is -0.726. The molecule has 8 nitrogen and oxygen atoms in total. The monoisotopic (exact) mass is 481 g/mol. The van der Waals surface area contributed by atoms with Crippen LogP contribution in [0.3, 0.4) is 0 Å². The van der Waals surface area contributed by atoms with E-state index in [1.807, 2.05) is 0 Å². The Morgan fingerprint density at radius 3 is 2.62 bits per heavy atom. The average molecular weight is 482 g/mol. The largest absolute Gasteiger partial charge is 0.479 e. The van der Waals surface area contributed by atoms with Crippen molar-refractivity contribution in [2.75, 3.05) is 31.5 Å². The lowest BCUT2D eigenvalue weighted by Gasteiger charge is -2.34. The lowest BCUT2D eigenvalue weighted by Crippen LogP contribution is -2.50. The number of hydrogen-bond acceptors (Lipinski definition) is 5. The molecule has 32 heavy (non-hydrogen) atoms. The Balaban J connectivity index is 1.46. The number of fused-ring (bicyclic) bond motifs is 1. The van der Waals surface area contributed by atoms with Gasteiger partial charge in [0.15, 0.2) is 6.10 Å². The molecule has 11 heteroatoms. The molecule has 0 aliphatic carbocycles. The summed E-state index contributed by atoms with van der Waals surface area (Å²) in [6, 6.07) is 8.49. The Hall–Kier alpha value is -2.69. The molecule has 2 aliphatic heterocycles. The van der Waals surface area contributed by atoms with E-state index in [4.69, 9.17) is 16.3 Å². The van der Waals surface area contributed by atoms with Crippen molar-refractivity contribution in [2.24, 2.45) is 0 Å². The molecule has 1 atom stereocenters. The first-order valence-corrected chi connectivity index (χ1v) is 11.8. The molecular weight excluding hydrogens is 461 g/mol. The highest BCUT2D eigenvalue weighted by molar-refractivity contribution is 7.89. The number of carbonyl (C=O) groups excluding carboxylic acids is 2. The Morgan fingerprint density at radius 2 is 1.94 bits per heavy atom. The third-order valence-corrected chi connectivity index (χ3v) is 7.78. The number of halogens is 2. The van der Waals surface area contributed by atoms with E-state index in [0.29, 0.717) is 11.3 Å². The molecule has 0 aromatic heterocycles. The van der Waals surface area contributed by atoms with E-state index < -0.39 is 21.9 Å². The Labute approximate surface area is 189 Å². The minimum absolute atomic E-state index is 0.0354. The average Bonchev–Trinajstić information content (AvgIpc) is 2.74. The summed E-state index contributed by atoms with van der Waals surface area (Å²) >= 11 is 6.22. The van der Waals surface area contributed by atoms with Crippen molar-refractivity contribution in [1.82, 2.24) is 9.21 Å². The second-order valence-corrected chi connectivity index (χ2v) is 9.93. The number of piperazine rings is 1. The molecule has 170 valence electrons. The van der Waals surface area contributed by atoms with Gasteiger partial charge in [-0.15, -0.1) is 0 Å². The molecule has 2 aromatic carbocycles. The van der Waals surface area contributed by atoms with Crippen molar-refractivity contribution in [3.05, 3.63) is 52.8 Å². The third-order valence-electron chi connectivity index (χ3n) is 5.42. The first-order valence-electron chi connectivity index (χ1n) is 9.98. The molecule has 2 amide bonds. The van der Waals surface area contributed by atoms with E-state index in [0.717, 1.165) is 0 Å². The van der Waals surface area contributed by atoms with Crippen LogP contribution in [0.5, 0.6) is 5.75 Å². The van der Waals surface area contributed by atoms with Gasteiger partial charge in [-0.05, 0) is 30.7 Å². The fraction of sp³-hybridized carbons (Fsp3) is 0.333. The van der Waals surface area contributed by atoms with E-state index in [2.05, 4.69) is 5.32 Å². The van der Waals surface area contributed by atoms with Gasteiger partial charge in [-0.2, -0.15) is 4.31 Å². The number of amides is 2. The number of sulfonamides is 1. The summed E-state index contributed by atoms with van der Waals surface area (Å²) in [6.45, 7) is 2.16. The first-order chi connectivity index (χ1) is 15.1. The summed E-state index contributed by atoms with van der Waals surface area (Å²) in [4.78, 5) is 25.7. The first kappa shape index (κ1) is 22.5. The van der Waals surface area contributed by atoms with E-state index in [1.54, 1.807) is 24.0 Å². The summed E-state index contributed by atoms with van der Waals surface area (Å²) < 4.78 is 46.5. The molecule has 2 aliphatic rings. The van der Waals surface area contributed by atoms with Crippen LogP contribution in [-0.2, 0) is 26.0 Å². The van der Waals surface area contributed by atoms with Crippen molar-refractivity contribution in [2.45, 2.75) is 24.3 Å². The van der Waals surface area contributed by atoms with Crippen LogP contribution in [0.1, 0.15) is 12.5 Å². The number of nitrogens with zero attached hydrogens (tertiary/aromatic N) is 2. The van der Waals surface area contributed by atoms with Crippen LogP contribution >= 0.6 is 11.6 Å². The van der Waals surface area contributed by atoms with Crippen LogP contribution < -0.4 is 10.1 Å². The molecule has 1 saturated heterocycles. The quantitative estimate of drug-likeness (QED) is 0.722. The smallest absolute Gasteiger partial charge is 0.265 e. The van der Waals surface area contributed by atoms with E-state index >= 15 is 0 Å². The molecule has 0 radical (unpaired) electrons. The zero-order valence-electron chi connectivity index (χ0n) is 17.2. The van der Waals surface area contributed by atoms with Crippen LogP contribution in [0.25, 0.3) is 0 Å². The molecular formula is C21H21ClFN3O5S. The zero-order valence-corrected chi connectivity index (χ0v) is 18.7. The zero-order chi connectivity index (χ0) is 23.0. The molecule has 1 N–H and O–H groups in total. The highest BCUT2D eigenvalue weighted by atomic mass is 35.5. The Bertz CT molecular complexity index is 1180. The maximum Gasteiger partial charge on any atom is 0.265 e. The fourth-order valence-electron chi connectivity index (χ4n) is 3.66. The number of carbonyl (C=O) groups is 2. The lowest BCUT2D eigenvalue weighted by atomic mass is 10.1. The standard InChI is InChI=1S/C21H21ClFN3O5S/c1-13-21(28)24-17-11-16(22)19(12-18(17)31-13)32(29,30)26-7-5-25(6-8-26)20(27)10-14-3-2-4-15(23)9-14/h2-4,9,11-13H,5-8,10H2,1H3,(H,24,28). The molecule has 1 unspecified atom stereocenters. The second-order valence-electron chi connectivity index (χ2n) is 7.62. The van der Waals surface area contributed by atoms with Crippen LogP contribution in [0.2, 0.25) is 5.02 Å². The fourth-order valence-corrected chi connectivity index (χ4v) is 5.60. The highest BCUT2D eigenvalue weighted by Gasteiger charge is 2.34. The Kier molecular flexibility index (Phi) is 6.11. The van der Waals surface area contributed by atoms with Gasteiger partial charge in [-0.3, -0.25) is 9.59 Å².